The van der Waals surface area contributed by atoms with Crippen molar-refractivity contribution in [1.82, 2.24) is 0 Å². The van der Waals surface area contributed by atoms with E-state index in [1.807, 2.05) is 18.2 Å². The van der Waals surface area contributed by atoms with Crippen molar-refractivity contribution >= 4 is 58.2 Å². The first-order valence-electron chi connectivity index (χ1n) is 16.6. The number of benzene rings is 4. The van der Waals surface area contributed by atoms with E-state index in [-0.39, 0.29) is 40.5 Å². The number of phenolic OH excluding ortho intramolecular Hbond substituents is 1. The number of halogens is 7. The highest BCUT2D eigenvalue weighted by Gasteiger charge is 2.77. The van der Waals surface area contributed by atoms with E-state index in [2.05, 4.69) is 0 Å². The number of hydrogen-bond acceptors (Lipinski definition) is 6. The molecule has 0 spiro atoms. The monoisotopic (exact) mass is 782 g/mol. The van der Waals surface area contributed by atoms with Gasteiger partial charge in [0, 0.05) is 17.5 Å². The molecular weight excluding hydrogens is 758 g/mol. The molecule has 4 aliphatic rings. The summed E-state index contributed by atoms with van der Waals surface area (Å²) in [5.74, 6) is -22.1. The Balaban J connectivity index is 1.28. The van der Waals surface area contributed by atoms with Gasteiger partial charge in [0.1, 0.15) is 23.8 Å². The third-order valence-electron chi connectivity index (χ3n) is 10.8. The van der Waals surface area contributed by atoms with E-state index >= 15 is 8.78 Å². The molecule has 2 saturated heterocycles. The summed E-state index contributed by atoms with van der Waals surface area (Å²) >= 11 is 14.3. The number of para-hydroxylation sites is 1. The lowest BCUT2D eigenvalue weighted by atomic mass is 9.56. The topological polar surface area (TPSA) is 104 Å². The Morgan fingerprint density at radius 1 is 0.741 bits per heavy atom. The summed E-state index contributed by atoms with van der Waals surface area (Å²) in [7, 11) is 0. The van der Waals surface area contributed by atoms with Crippen LogP contribution in [0.25, 0.3) is 0 Å². The molecule has 0 bridgehead atoms. The van der Waals surface area contributed by atoms with Crippen LogP contribution < -0.4 is 14.5 Å². The quantitative estimate of drug-likeness (QED) is 0.0545. The number of aromatic hydroxyl groups is 1. The summed E-state index contributed by atoms with van der Waals surface area (Å²) in [6.07, 6.45) is 0.833. The zero-order valence-electron chi connectivity index (χ0n) is 27.5. The normalized spacial score (nSPS) is 27.5. The van der Waals surface area contributed by atoms with Gasteiger partial charge in [0.05, 0.1) is 17.5 Å². The van der Waals surface area contributed by atoms with Crippen LogP contribution in [-0.4, -0.2) is 38.5 Å². The molecule has 4 aromatic carbocycles. The molecule has 0 aromatic heterocycles. The van der Waals surface area contributed by atoms with Gasteiger partial charge in [0.2, 0.25) is 17.6 Å². The number of carbonyl (C=O) groups is 4. The average Bonchev–Trinajstić information content (AvgIpc) is 3.51. The Labute approximate surface area is 313 Å². The van der Waals surface area contributed by atoms with E-state index in [1.165, 1.54) is 18.2 Å². The van der Waals surface area contributed by atoms with E-state index in [9.17, 15) is 37.5 Å². The highest BCUT2D eigenvalue weighted by molar-refractivity contribution is 6.58. The molecule has 54 heavy (non-hydrogen) atoms. The maximum atomic E-state index is 15.3. The number of amides is 4. The van der Waals surface area contributed by atoms with Crippen LogP contribution in [0.1, 0.15) is 29.9 Å². The standard InChI is InChI=1S/C39H25Cl2F5N2O6/c40-38-16-24-21(13-14-23-26(24)35(51)47(34(23)50)19-9-5-2-6-10-19)27(22-12-11-20(15-25(22)49)54-17-18-7-3-1-4-8-18)39(38,41)37(53)48(36(38)52)33-31(45)29(43)28(42)30(44)32(33)46/h1-13,15,23-24,26-27,49H,14,16-17H2/t23-,24+,26-,27+,38+,39-/m0/s1. The van der Waals surface area contributed by atoms with Crippen molar-refractivity contribution in [2.45, 2.75) is 35.1 Å². The van der Waals surface area contributed by atoms with Crippen molar-refractivity contribution in [2.24, 2.45) is 17.8 Å². The number of phenols is 1. The smallest absolute Gasteiger partial charge is 0.258 e. The summed E-state index contributed by atoms with van der Waals surface area (Å²) in [5.41, 5.74) is -0.744. The minimum atomic E-state index is -2.78. The van der Waals surface area contributed by atoms with Crippen molar-refractivity contribution in [1.29, 1.82) is 0 Å². The SMILES string of the molecule is O=C1[C@H]2[C@H](CC=C3[C@H]2C[C@@]2(Cl)C(=O)N(c4c(F)c(F)c(F)c(F)c4F)C(=O)[C@@]2(Cl)[C@H]3c2ccc(OCc3ccccc3)cc2O)C(=O)N1c1ccccc1. The number of ether oxygens (including phenoxy) is 1. The van der Waals surface area contributed by atoms with Gasteiger partial charge >= 0.3 is 0 Å². The minimum Gasteiger partial charge on any atom is -0.508 e. The van der Waals surface area contributed by atoms with Gasteiger partial charge in [-0.1, -0.05) is 66.2 Å². The van der Waals surface area contributed by atoms with Crippen molar-refractivity contribution in [2.75, 3.05) is 9.80 Å². The molecule has 2 heterocycles. The fourth-order valence-corrected chi connectivity index (χ4v) is 9.27. The van der Waals surface area contributed by atoms with Crippen LogP contribution in [0, 0.1) is 46.8 Å². The number of alkyl halides is 2. The van der Waals surface area contributed by atoms with Crippen molar-refractivity contribution < 1.29 is 51.0 Å². The summed E-state index contributed by atoms with van der Waals surface area (Å²) in [5, 5.41) is 11.5. The van der Waals surface area contributed by atoms with Crippen molar-refractivity contribution in [3.63, 3.8) is 0 Å². The van der Waals surface area contributed by atoms with Crippen LogP contribution in [0.3, 0.4) is 0 Å². The number of imide groups is 2. The molecule has 8 rings (SSSR count). The van der Waals surface area contributed by atoms with Crippen LogP contribution in [0.2, 0.25) is 0 Å². The Morgan fingerprint density at radius 3 is 1.98 bits per heavy atom. The van der Waals surface area contributed by atoms with Crippen LogP contribution in [0.5, 0.6) is 11.5 Å². The summed E-state index contributed by atoms with van der Waals surface area (Å²) in [6.45, 7) is 0.0987. The van der Waals surface area contributed by atoms with Gasteiger partial charge in [-0.05, 0) is 42.5 Å². The van der Waals surface area contributed by atoms with Gasteiger partial charge in [-0.15, -0.1) is 23.2 Å². The van der Waals surface area contributed by atoms with E-state index in [1.54, 1.807) is 48.5 Å². The first-order chi connectivity index (χ1) is 25.7. The van der Waals surface area contributed by atoms with Crippen LogP contribution >= 0.6 is 23.2 Å². The van der Waals surface area contributed by atoms with Gasteiger partial charge < -0.3 is 9.84 Å². The van der Waals surface area contributed by atoms with Gasteiger partial charge in [-0.3, -0.25) is 24.1 Å². The maximum Gasteiger partial charge on any atom is 0.258 e. The molecule has 8 nitrogen and oxygen atoms in total. The van der Waals surface area contributed by atoms with Gasteiger partial charge in [-0.25, -0.2) is 26.9 Å². The Bertz CT molecular complexity index is 2300. The van der Waals surface area contributed by atoms with E-state index in [4.69, 9.17) is 27.9 Å². The molecule has 2 aliphatic heterocycles. The first kappa shape index (κ1) is 35.7. The predicted molar refractivity (Wildman–Crippen MR) is 184 cm³/mol. The molecule has 0 radical (unpaired) electrons. The third kappa shape index (κ3) is 4.86. The number of nitrogens with zero attached hydrogens (tertiary/aromatic N) is 2. The summed E-state index contributed by atoms with van der Waals surface area (Å²) in [6, 6.07) is 21.0. The van der Waals surface area contributed by atoms with Gasteiger partial charge in [-0.2, -0.15) is 0 Å². The number of fused-ring (bicyclic) bond motifs is 4. The summed E-state index contributed by atoms with van der Waals surface area (Å²) in [4.78, 5) is 52.1. The summed E-state index contributed by atoms with van der Waals surface area (Å²) < 4.78 is 79.6. The first-order valence-corrected chi connectivity index (χ1v) is 17.4. The predicted octanol–water partition coefficient (Wildman–Crippen LogP) is 7.43. The van der Waals surface area contributed by atoms with Crippen molar-refractivity contribution in [3.8, 4) is 11.5 Å². The molecule has 0 unspecified atom stereocenters. The molecule has 276 valence electrons. The lowest BCUT2D eigenvalue weighted by Gasteiger charge is -2.50. The number of anilines is 2. The zero-order chi connectivity index (χ0) is 38.4. The van der Waals surface area contributed by atoms with Crippen LogP contribution in [0.4, 0.5) is 33.3 Å². The fraction of sp³-hybridized carbons (Fsp3) is 0.231. The van der Waals surface area contributed by atoms with Crippen molar-refractivity contribution in [3.05, 3.63) is 131 Å². The second-order valence-electron chi connectivity index (χ2n) is 13.5. The lowest BCUT2D eigenvalue weighted by molar-refractivity contribution is -0.125. The number of allylic oxidation sites excluding steroid dienone is 2. The fourth-order valence-electron chi connectivity index (χ4n) is 8.34. The molecule has 15 heteroatoms. The van der Waals surface area contributed by atoms with E-state index < -0.39 is 104 Å². The second-order valence-corrected chi connectivity index (χ2v) is 14.8. The molecule has 2 aliphatic carbocycles. The lowest BCUT2D eigenvalue weighted by Crippen LogP contribution is -2.60. The second kappa shape index (κ2) is 12.7. The molecule has 1 N–H and O–H groups in total. The van der Waals surface area contributed by atoms with E-state index in [0.717, 1.165) is 10.5 Å². The largest absolute Gasteiger partial charge is 0.508 e. The molecule has 3 fully saturated rings. The van der Waals surface area contributed by atoms with E-state index in [0.29, 0.717) is 0 Å². The van der Waals surface area contributed by atoms with Gasteiger partial charge in [0.25, 0.3) is 11.8 Å². The van der Waals surface area contributed by atoms with Gasteiger partial charge in [0.15, 0.2) is 33.0 Å². The number of carbonyl (C=O) groups excluding carboxylic acids is 4. The third-order valence-corrected chi connectivity index (χ3v) is 12.2. The van der Waals surface area contributed by atoms with Crippen LogP contribution in [-0.2, 0) is 25.8 Å². The molecule has 1 saturated carbocycles. The number of hydrogen-bond donors (Lipinski definition) is 1. The average molecular weight is 784 g/mol. The van der Waals surface area contributed by atoms with Crippen LogP contribution in [0.15, 0.2) is 90.5 Å². The maximum absolute atomic E-state index is 15.3. The highest BCUT2D eigenvalue weighted by atomic mass is 35.5. The Hall–Kier alpha value is -5.27. The Kier molecular flexibility index (Phi) is 8.38. The molecule has 4 amide bonds. The molecular formula is C39H25Cl2F5N2O6. The highest BCUT2D eigenvalue weighted by Crippen LogP contribution is 2.67. The minimum absolute atomic E-state index is 0.0499. The molecule has 6 atom stereocenters. The number of rotatable bonds is 6. The molecule has 4 aromatic rings. The Morgan fingerprint density at radius 2 is 1.35 bits per heavy atom. The zero-order valence-corrected chi connectivity index (χ0v) is 29.1.